The Morgan fingerprint density at radius 3 is 2.60 bits per heavy atom. The summed E-state index contributed by atoms with van der Waals surface area (Å²) in [6.07, 6.45) is 2.21. The number of aromatic nitrogens is 1. The zero-order chi connectivity index (χ0) is 20.9. The number of para-hydroxylation sites is 1. The lowest BCUT2D eigenvalue weighted by molar-refractivity contribution is 0.0936. The number of aryl methyl sites for hydroxylation is 1. The predicted molar refractivity (Wildman–Crippen MR) is 120 cm³/mol. The van der Waals surface area contributed by atoms with Crippen molar-refractivity contribution in [2.24, 2.45) is 5.92 Å². The van der Waals surface area contributed by atoms with Crippen LogP contribution in [0.1, 0.15) is 34.5 Å². The minimum Gasteiger partial charge on any atom is -0.497 e. The van der Waals surface area contributed by atoms with Gasteiger partial charge in [0.25, 0.3) is 5.91 Å². The molecular formula is C25H29N3O2. The number of likely N-dealkylation sites (tertiary alicyclic amines) is 1. The Labute approximate surface area is 178 Å². The average molecular weight is 404 g/mol. The van der Waals surface area contributed by atoms with E-state index in [4.69, 9.17) is 4.74 Å². The lowest BCUT2D eigenvalue weighted by Gasteiger charge is -2.32. The van der Waals surface area contributed by atoms with E-state index in [-0.39, 0.29) is 5.91 Å². The van der Waals surface area contributed by atoms with Gasteiger partial charge in [0.15, 0.2) is 0 Å². The van der Waals surface area contributed by atoms with Crippen molar-refractivity contribution in [2.45, 2.75) is 26.3 Å². The van der Waals surface area contributed by atoms with Crippen molar-refractivity contribution in [1.29, 1.82) is 0 Å². The van der Waals surface area contributed by atoms with Gasteiger partial charge in [-0.25, -0.2) is 0 Å². The van der Waals surface area contributed by atoms with Crippen LogP contribution in [0.15, 0.2) is 54.6 Å². The maximum atomic E-state index is 12.9. The number of nitrogens with zero attached hydrogens (tertiary/aromatic N) is 2. The van der Waals surface area contributed by atoms with E-state index in [1.807, 2.05) is 49.4 Å². The van der Waals surface area contributed by atoms with E-state index >= 15 is 0 Å². The monoisotopic (exact) mass is 403 g/mol. The predicted octanol–water partition coefficient (Wildman–Crippen LogP) is 4.19. The number of hydrogen-bond acceptors (Lipinski definition) is 4. The summed E-state index contributed by atoms with van der Waals surface area (Å²) in [6.45, 7) is 5.74. The van der Waals surface area contributed by atoms with Gasteiger partial charge in [-0.2, -0.15) is 0 Å². The third-order valence-corrected chi connectivity index (χ3v) is 5.91. The third-order valence-electron chi connectivity index (χ3n) is 5.91. The molecule has 1 N–H and O–H groups in total. The van der Waals surface area contributed by atoms with Gasteiger partial charge in [0.05, 0.1) is 18.2 Å². The van der Waals surface area contributed by atoms with Crippen molar-refractivity contribution in [3.8, 4) is 5.75 Å². The topological polar surface area (TPSA) is 54.5 Å². The van der Waals surface area contributed by atoms with Crippen LogP contribution in [-0.2, 0) is 6.54 Å². The number of benzene rings is 2. The molecule has 0 radical (unpaired) electrons. The fourth-order valence-electron chi connectivity index (χ4n) is 4.17. The first-order valence-electron chi connectivity index (χ1n) is 10.6. The van der Waals surface area contributed by atoms with Gasteiger partial charge >= 0.3 is 0 Å². The summed E-state index contributed by atoms with van der Waals surface area (Å²) in [5, 5.41) is 4.08. The molecule has 4 rings (SSSR count). The molecule has 30 heavy (non-hydrogen) atoms. The fraction of sp³-hybridized carbons (Fsp3) is 0.360. The van der Waals surface area contributed by atoms with E-state index in [0.29, 0.717) is 5.92 Å². The molecule has 0 spiro atoms. The number of carbonyl (C=O) groups excluding carboxylic acids is 1. The van der Waals surface area contributed by atoms with E-state index in [0.717, 1.165) is 66.9 Å². The van der Waals surface area contributed by atoms with Gasteiger partial charge in [0.2, 0.25) is 0 Å². The summed E-state index contributed by atoms with van der Waals surface area (Å²) in [7, 11) is 1.69. The van der Waals surface area contributed by atoms with Crippen molar-refractivity contribution in [3.05, 3.63) is 71.4 Å². The Balaban J connectivity index is 1.29. The molecule has 0 saturated carbocycles. The molecule has 1 amide bonds. The van der Waals surface area contributed by atoms with Crippen LogP contribution in [0.5, 0.6) is 5.75 Å². The van der Waals surface area contributed by atoms with Crippen LogP contribution in [0.3, 0.4) is 0 Å². The molecule has 0 bridgehead atoms. The maximum absolute atomic E-state index is 12.9. The Morgan fingerprint density at radius 1 is 1.13 bits per heavy atom. The second-order valence-corrected chi connectivity index (χ2v) is 8.11. The lowest BCUT2D eigenvalue weighted by Crippen LogP contribution is -2.38. The van der Waals surface area contributed by atoms with Crippen molar-refractivity contribution < 1.29 is 9.53 Å². The van der Waals surface area contributed by atoms with E-state index in [1.165, 1.54) is 5.56 Å². The summed E-state index contributed by atoms with van der Waals surface area (Å²) in [5.41, 5.74) is 3.76. The Morgan fingerprint density at radius 2 is 1.87 bits per heavy atom. The Hall–Kier alpha value is -2.92. The zero-order valence-corrected chi connectivity index (χ0v) is 17.7. The van der Waals surface area contributed by atoms with Crippen molar-refractivity contribution in [3.63, 3.8) is 0 Å². The molecule has 156 valence electrons. The molecule has 1 aliphatic heterocycles. The fourth-order valence-corrected chi connectivity index (χ4v) is 4.17. The molecule has 0 atom stereocenters. The molecule has 1 fully saturated rings. The molecule has 5 nitrogen and oxygen atoms in total. The van der Waals surface area contributed by atoms with Crippen molar-refractivity contribution in [1.82, 2.24) is 15.2 Å². The van der Waals surface area contributed by atoms with Crippen LogP contribution in [0.2, 0.25) is 0 Å². The summed E-state index contributed by atoms with van der Waals surface area (Å²) in [4.78, 5) is 19.9. The molecule has 5 heteroatoms. The summed E-state index contributed by atoms with van der Waals surface area (Å²) in [6, 6.07) is 18.0. The van der Waals surface area contributed by atoms with Crippen molar-refractivity contribution in [2.75, 3.05) is 26.7 Å². The standard InChI is InChI=1S/C25H29N3O2/c1-18-15-23(22-5-3-4-6-24(22)27-18)25(29)26-16-19-11-13-28(14-12-19)17-20-7-9-21(30-2)10-8-20/h3-10,15,19H,11-14,16-17H2,1-2H3,(H,26,29). The van der Waals surface area contributed by atoms with Crippen LogP contribution in [0.25, 0.3) is 10.9 Å². The first-order valence-corrected chi connectivity index (χ1v) is 10.6. The largest absolute Gasteiger partial charge is 0.497 e. The highest BCUT2D eigenvalue weighted by atomic mass is 16.5. The number of nitrogens with one attached hydrogen (secondary N) is 1. The summed E-state index contributed by atoms with van der Waals surface area (Å²) >= 11 is 0. The van der Waals surface area contributed by atoms with Crippen LogP contribution < -0.4 is 10.1 Å². The highest BCUT2D eigenvalue weighted by Gasteiger charge is 2.20. The van der Waals surface area contributed by atoms with Crippen LogP contribution in [0, 0.1) is 12.8 Å². The number of pyridine rings is 1. The highest BCUT2D eigenvalue weighted by molar-refractivity contribution is 6.06. The number of ether oxygens (including phenoxy) is 1. The lowest BCUT2D eigenvalue weighted by atomic mass is 9.96. The number of methoxy groups -OCH3 is 1. The SMILES string of the molecule is COc1ccc(CN2CCC(CNC(=O)c3cc(C)nc4ccccc34)CC2)cc1. The second kappa shape index (κ2) is 9.26. The molecule has 1 aliphatic rings. The molecule has 1 saturated heterocycles. The smallest absolute Gasteiger partial charge is 0.252 e. The molecule has 2 aromatic carbocycles. The minimum absolute atomic E-state index is 0.00244. The zero-order valence-electron chi connectivity index (χ0n) is 17.7. The van der Waals surface area contributed by atoms with E-state index in [2.05, 4.69) is 27.3 Å². The molecule has 2 heterocycles. The number of piperidine rings is 1. The quantitative estimate of drug-likeness (QED) is 0.670. The molecular weight excluding hydrogens is 374 g/mol. The molecule has 0 unspecified atom stereocenters. The van der Waals surface area contributed by atoms with Gasteiger partial charge in [-0.05, 0) is 68.6 Å². The Kier molecular flexibility index (Phi) is 6.29. The van der Waals surface area contributed by atoms with Gasteiger partial charge in [-0.1, -0.05) is 30.3 Å². The van der Waals surface area contributed by atoms with Gasteiger partial charge in [-0.3, -0.25) is 14.7 Å². The molecule has 0 aliphatic carbocycles. The first kappa shape index (κ1) is 20.4. The highest BCUT2D eigenvalue weighted by Crippen LogP contribution is 2.21. The Bertz CT molecular complexity index is 1010. The number of amides is 1. The molecule has 3 aromatic rings. The van der Waals surface area contributed by atoms with E-state index in [9.17, 15) is 4.79 Å². The number of rotatable bonds is 6. The van der Waals surface area contributed by atoms with Crippen LogP contribution >= 0.6 is 0 Å². The average Bonchev–Trinajstić information content (AvgIpc) is 2.78. The first-order chi connectivity index (χ1) is 14.6. The van der Waals surface area contributed by atoms with Gasteiger partial charge in [0, 0.05) is 24.2 Å². The molecule has 1 aromatic heterocycles. The van der Waals surface area contributed by atoms with E-state index < -0.39 is 0 Å². The maximum Gasteiger partial charge on any atom is 0.252 e. The van der Waals surface area contributed by atoms with Gasteiger partial charge < -0.3 is 10.1 Å². The summed E-state index contributed by atoms with van der Waals surface area (Å²) in [5.74, 6) is 1.41. The summed E-state index contributed by atoms with van der Waals surface area (Å²) < 4.78 is 5.23. The van der Waals surface area contributed by atoms with Crippen LogP contribution in [-0.4, -0.2) is 42.5 Å². The number of hydrogen-bond donors (Lipinski definition) is 1. The third kappa shape index (κ3) is 4.79. The van der Waals surface area contributed by atoms with Crippen LogP contribution in [0.4, 0.5) is 0 Å². The van der Waals surface area contributed by atoms with Gasteiger partial charge in [-0.15, -0.1) is 0 Å². The van der Waals surface area contributed by atoms with Gasteiger partial charge in [0.1, 0.15) is 5.75 Å². The normalized spacial score (nSPS) is 15.3. The minimum atomic E-state index is -0.00244. The van der Waals surface area contributed by atoms with Crippen molar-refractivity contribution >= 4 is 16.8 Å². The number of carbonyl (C=O) groups is 1. The number of fused-ring (bicyclic) bond motifs is 1. The van der Waals surface area contributed by atoms with E-state index in [1.54, 1.807) is 7.11 Å². The second-order valence-electron chi connectivity index (χ2n) is 8.11.